The molecule has 0 aliphatic heterocycles. The van der Waals surface area contributed by atoms with Crippen LogP contribution in [0.3, 0.4) is 0 Å². The molecule has 0 aliphatic carbocycles. The van der Waals surface area contributed by atoms with Gasteiger partial charge in [0.15, 0.2) is 0 Å². The van der Waals surface area contributed by atoms with E-state index in [1.165, 1.54) is 10.4 Å². The number of rotatable bonds is 7. The molecule has 1 N–H and O–H groups in total. The molecule has 2 nitrogen and oxygen atoms in total. The standard InChI is InChI=1S/C19H25NOSSi/c1-19(2,3)23(21-15-14-20-16-22,17-10-6-4-7-11-17)18-12-8-5-9-13-18/h4-13,16H,14-15H2,1-3H3,(H,20,22). The topological polar surface area (TPSA) is 21.3 Å². The van der Waals surface area contributed by atoms with Crippen molar-refractivity contribution in [2.45, 2.75) is 25.8 Å². The summed E-state index contributed by atoms with van der Waals surface area (Å²) in [6, 6.07) is 21.3. The van der Waals surface area contributed by atoms with E-state index in [4.69, 9.17) is 16.6 Å². The van der Waals surface area contributed by atoms with Gasteiger partial charge in [-0.2, -0.15) is 0 Å². The van der Waals surface area contributed by atoms with Crippen molar-refractivity contribution in [3.63, 3.8) is 0 Å². The fourth-order valence-corrected chi connectivity index (χ4v) is 7.77. The summed E-state index contributed by atoms with van der Waals surface area (Å²) in [5, 5.41) is 5.70. The zero-order valence-corrected chi connectivity index (χ0v) is 15.9. The molecule has 122 valence electrons. The summed E-state index contributed by atoms with van der Waals surface area (Å²) in [5.74, 6) is 0. The van der Waals surface area contributed by atoms with Gasteiger partial charge in [0.25, 0.3) is 8.32 Å². The van der Waals surface area contributed by atoms with E-state index in [0.717, 1.165) is 6.54 Å². The molecule has 2 rings (SSSR count). The smallest absolute Gasteiger partial charge is 0.261 e. The monoisotopic (exact) mass is 343 g/mol. The van der Waals surface area contributed by atoms with E-state index >= 15 is 0 Å². The second-order valence-corrected chi connectivity index (χ2v) is 11.1. The first-order valence-electron chi connectivity index (χ1n) is 7.94. The van der Waals surface area contributed by atoms with Crippen LogP contribution in [0.2, 0.25) is 5.04 Å². The Morgan fingerprint density at radius 2 is 1.43 bits per heavy atom. The molecule has 0 aromatic heterocycles. The van der Waals surface area contributed by atoms with Crippen molar-refractivity contribution >= 4 is 36.4 Å². The number of thiocarbonyl (C=S) groups is 1. The van der Waals surface area contributed by atoms with Gasteiger partial charge in [0.1, 0.15) is 0 Å². The summed E-state index contributed by atoms with van der Waals surface area (Å²) in [5.41, 5.74) is 1.55. The highest BCUT2D eigenvalue weighted by molar-refractivity contribution is 7.78. The largest absolute Gasteiger partial charge is 0.406 e. The highest BCUT2D eigenvalue weighted by atomic mass is 32.1. The lowest BCUT2D eigenvalue weighted by atomic mass is 10.2. The summed E-state index contributed by atoms with van der Waals surface area (Å²) in [4.78, 5) is 0. The van der Waals surface area contributed by atoms with Crippen LogP contribution in [-0.4, -0.2) is 27.0 Å². The maximum atomic E-state index is 6.68. The lowest BCUT2D eigenvalue weighted by Crippen LogP contribution is -2.66. The van der Waals surface area contributed by atoms with Gasteiger partial charge >= 0.3 is 0 Å². The van der Waals surface area contributed by atoms with Gasteiger partial charge in [0, 0.05) is 6.54 Å². The summed E-state index contributed by atoms with van der Waals surface area (Å²) < 4.78 is 6.68. The molecule has 0 heterocycles. The minimum atomic E-state index is -2.39. The normalized spacial score (nSPS) is 12.0. The van der Waals surface area contributed by atoms with E-state index in [1.54, 1.807) is 5.49 Å². The summed E-state index contributed by atoms with van der Waals surface area (Å²) in [6.45, 7) is 8.22. The van der Waals surface area contributed by atoms with Gasteiger partial charge < -0.3 is 9.74 Å². The van der Waals surface area contributed by atoms with Crippen LogP contribution in [0.4, 0.5) is 0 Å². The molecule has 0 radical (unpaired) electrons. The third-order valence-corrected chi connectivity index (χ3v) is 9.27. The molecule has 2 aromatic rings. The number of nitrogens with one attached hydrogen (secondary N) is 1. The van der Waals surface area contributed by atoms with Crippen molar-refractivity contribution in [1.82, 2.24) is 5.32 Å². The van der Waals surface area contributed by atoms with Crippen LogP contribution >= 0.6 is 12.2 Å². The van der Waals surface area contributed by atoms with Gasteiger partial charge in [-0.05, 0) is 15.4 Å². The first kappa shape index (κ1) is 17.9. The number of benzene rings is 2. The van der Waals surface area contributed by atoms with Crippen molar-refractivity contribution in [1.29, 1.82) is 0 Å². The van der Waals surface area contributed by atoms with Crippen LogP contribution in [0, 0.1) is 0 Å². The van der Waals surface area contributed by atoms with Gasteiger partial charge in [-0.1, -0.05) is 93.7 Å². The maximum Gasteiger partial charge on any atom is 0.261 e. The molecule has 0 aliphatic rings. The fourth-order valence-electron chi connectivity index (χ4n) is 3.08. The fraction of sp³-hybridized carbons (Fsp3) is 0.316. The van der Waals surface area contributed by atoms with Crippen molar-refractivity contribution in [3.8, 4) is 0 Å². The van der Waals surface area contributed by atoms with E-state index < -0.39 is 8.32 Å². The molecule has 0 bridgehead atoms. The average Bonchev–Trinajstić information content (AvgIpc) is 2.55. The molecule has 23 heavy (non-hydrogen) atoms. The Morgan fingerprint density at radius 3 is 1.83 bits per heavy atom. The highest BCUT2D eigenvalue weighted by Crippen LogP contribution is 2.36. The molecule has 0 spiro atoms. The minimum absolute atomic E-state index is 0.0212. The van der Waals surface area contributed by atoms with Crippen molar-refractivity contribution < 1.29 is 4.43 Å². The predicted molar refractivity (Wildman–Crippen MR) is 105 cm³/mol. The van der Waals surface area contributed by atoms with Crippen LogP contribution in [0.1, 0.15) is 20.8 Å². The van der Waals surface area contributed by atoms with Gasteiger partial charge in [-0.3, -0.25) is 0 Å². The molecule has 0 saturated carbocycles. The van der Waals surface area contributed by atoms with Crippen molar-refractivity contribution in [2.75, 3.05) is 13.2 Å². The van der Waals surface area contributed by atoms with Gasteiger partial charge in [-0.15, -0.1) is 0 Å². The second-order valence-electron chi connectivity index (χ2n) is 6.58. The number of hydrogen-bond acceptors (Lipinski definition) is 2. The quantitative estimate of drug-likeness (QED) is 0.474. The summed E-state index contributed by atoms with van der Waals surface area (Å²) in [7, 11) is -2.39. The molecule has 0 amide bonds. The van der Waals surface area contributed by atoms with Gasteiger partial charge in [0.05, 0.1) is 12.1 Å². The van der Waals surface area contributed by atoms with Crippen molar-refractivity contribution in [3.05, 3.63) is 60.7 Å². The van der Waals surface area contributed by atoms with E-state index in [-0.39, 0.29) is 5.04 Å². The zero-order chi connectivity index (χ0) is 16.8. The summed E-state index contributed by atoms with van der Waals surface area (Å²) >= 11 is 4.84. The Morgan fingerprint density at radius 1 is 0.957 bits per heavy atom. The third-order valence-electron chi connectivity index (χ3n) is 4.07. The van der Waals surface area contributed by atoms with Gasteiger partial charge in [-0.25, -0.2) is 0 Å². The lowest BCUT2D eigenvalue weighted by molar-refractivity contribution is 0.303. The van der Waals surface area contributed by atoms with E-state index in [2.05, 4.69) is 86.8 Å². The Labute approximate surface area is 146 Å². The lowest BCUT2D eigenvalue weighted by Gasteiger charge is -2.43. The second kappa shape index (κ2) is 7.86. The molecule has 0 unspecified atom stereocenters. The first-order valence-corrected chi connectivity index (χ1v) is 10.3. The third kappa shape index (κ3) is 3.89. The van der Waals surface area contributed by atoms with Crippen molar-refractivity contribution in [2.24, 2.45) is 0 Å². The average molecular weight is 344 g/mol. The SMILES string of the molecule is CC(C)(C)[Si](OCCNC=S)(c1ccccc1)c1ccccc1. The van der Waals surface area contributed by atoms with Crippen LogP contribution in [0.25, 0.3) is 0 Å². The van der Waals surface area contributed by atoms with Gasteiger partial charge in [0.2, 0.25) is 0 Å². The molecule has 2 aromatic carbocycles. The molecule has 0 atom stereocenters. The molecular weight excluding hydrogens is 318 g/mol. The molecule has 0 fully saturated rings. The summed E-state index contributed by atoms with van der Waals surface area (Å²) in [6.07, 6.45) is 0. The Kier molecular flexibility index (Phi) is 6.10. The first-order chi connectivity index (χ1) is 11.0. The van der Waals surface area contributed by atoms with Crippen LogP contribution in [0.15, 0.2) is 60.7 Å². The zero-order valence-electron chi connectivity index (χ0n) is 14.1. The van der Waals surface area contributed by atoms with Crippen LogP contribution in [0.5, 0.6) is 0 Å². The Bertz CT molecular complexity index is 571. The Hall–Kier alpha value is -1.49. The highest BCUT2D eigenvalue weighted by Gasteiger charge is 2.49. The van der Waals surface area contributed by atoms with E-state index in [0.29, 0.717) is 6.61 Å². The minimum Gasteiger partial charge on any atom is -0.406 e. The Balaban J connectivity index is 2.53. The van der Waals surface area contributed by atoms with E-state index in [1.807, 2.05) is 0 Å². The molecule has 0 saturated heterocycles. The van der Waals surface area contributed by atoms with Crippen LogP contribution < -0.4 is 15.7 Å². The maximum absolute atomic E-state index is 6.68. The number of hydrogen-bond donors (Lipinski definition) is 1. The predicted octanol–water partition coefficient (Wildman–Crippen LogP) is 3.11. The van der Waals surface area contributed by atoms with E-state index in [9.17, 15) is 0 Å². The molecular formula is C19H25NOSSi. The molecule has 4 heteroatoms. The van der Waals surface area contributed by atoms with Crippen LogP contribution in [-0.2, 0) is 4.43 Å².